The van der Waals surface area contributed by atoms with Crippen LogP contribution < -0.4 is 5.32 Å². The van der Waals surface area contributed by atoms with Crippen LogP contribution in [-0.4, -0.2) is 18.6 Å². The largest absolute Gasteiger partial charge is 0.316 e. The zero-order chi connectivity index (χ0) is 12.6. The summed E-state index contributed by atoms with van der Waals surface area (Å²) in [5, 5.41) is 3.09. The zero-order valence-electron chi connectivity index (χ0n) is 10.3. The van der Waals surface area contributed by atoms with Crippen molar-refractivity contribution in [3.8, 4) is 0 Å². The molecule has 2 aromatic rings. The molecule has 2 rings (SSSR count). The molecule has 0 atom stereocenters. The number of nitrogens with one attached hydrogen (secondary N) is 1. The van der Waals surface area contributed by atoms with Crippen LogP contribution in [0.3, 0.4) is 0 Å². The Morgan fingerprint density at radius 1 is 1.22 bits per heavy atom. The molecule has 0 aliphatic rings. The van der Waals surface area contributed by atoms with Crippen molar-refractivity contribution in [3.63, 3.8) is 0 Å². The molecule has 0 bridgehead atoms. The van der Waals surface area contributed by atoms with Crippen LogP contribution in [0.4, 0.5) is 0 Å². The van der Waals surface area contributed by atoms with E-state index in [1.807, 2.05) is 25.5 Å². The molecule has 0 fully saturated rings. The number of benzene rings is 1. The first-order valence-electron chi connectivity index (χ1n) is 5.88. The van der Waals surface area contributed by atoms with Gasteiger partial charge in [0, 0.05) is 34.3 Å². The zero-order valence-corrected chi connectivity index (χ0v) is 11.2. The molecule has 1 N–H and O–H groups in total. The second kappa shape index (κ2) is 6.99. The predicted molar refractivity (Wildman–Crippen MR) is 77.8 cm³/mol. The number of pyridine rings is 1. The Balaban J connectivity index is 2.17. The average molecular weight is 256 g/mol. The van der Waals surface area contributed by atoms with E-state index in [4.69, 9.17) is 0 Å². The summed E-state index contributed by atoms with van der Waals surface area (Å²) in [7, 11) is 1.94. The van der Waals surface area contributed by atoms with Gasteiger partial charge in [-0.3, -0.25) is 4.98 Å². The first kappa shape index (κ1) is 12.9. The summed E-state index contributed by atoms with van der Waals surface area (Å²) in [4.78, 5) is 6.65. The normalized spacial score (nSPS) is 10.9. The highest BCUT2D eigenvalue weighted by Crippen LogP contribution is 2.30. The van der Waals surface area contributed by atoms with E-state index >= 15 is 0 Å². The lowest BCUT2D eigenvalue weighted by molar-refractivity contribution is 0.922. The van der Waals surface area contributed by atoms with E-state index < -0.39 is 0 Å². The van der Waals surface area contributed by atoms with Crippen LogP contribution in [0.1, 0.15) is 5.56 Å². The van der Waals surface area contributed by atoms with E-state index in [9.17, 15) is 0 Å². The monoisotopic (exact) mass is 256 g/mol. The van der Waals surface area contributed by atoms with Gasteiger partial charge in [0.05, 0.1) is 0 Å². The van der Waals surface area contributed by atoms with Gasteiger partial charge < -0.3 is 5.32 Å². The highest BCUT2D eigenvalue weighted by atomic mass is 32.2. The Morgan fingerprint density at radius 2 is 2.06 bits per heavy atom. The number of nitrogens with zero attached hydrogens (tertiary/aromatic N) is 1. The molecule has 0 aliphatic heterocycles. The smallest absolute Gasteiger partial charge is 0.0351 e. The van der Waals surface area contributed by atoms with Crippen LogP contribution in [0.5, 0.6) is 0 Å². The quantitative estimate of drug-likeness (QED) is 0.886. The highest BCUT2D eigenvalue weighted by Gasteiger charge is 2.01. The summed E-state index contributed by atoms with van der Waals surface area (Å²) in [5.41, 5.74) is 1.15. The standard InChI is InChI=1S/C15H16N2S/c1-16-10-5-6-13-12-17-11-9-15(13)18-14-7-3-2-4-8-14/h2-9,11-12,16H,10H2,1H3/b6-5+. The molecule has 0 saturated heterocycles. The van der Waals surface area contributed by atoms with E-state index in [1.165, 1.54) is 9.79 Å². The molecular formula is C15H16N2S. The fraction of sp³-hybridized carbons (Fsp3) is 0.133. The van der Waals surface area contributed by atoms with Gasteiger partial charge in [0.1, 0.15) is 0 Å². The Hall–Kier alpha value is -1.58. The SMILES string of the molecule is CNC/C=C/c1cnccc1Sc1ccccc1. The van der Waals surface area contributed by atoms with Gasteiger partial charge in [-0.15, -0.1) is 0 Å². The van der Waals surface area contributed by atoms with E-state index in [2.05, 4.69) is 52.8 Å². The van der Waals surface area contributed by atoms with Crippen LogP contribution in [-0.2, 0) is 0 Å². The van der Waals surface area contributed by atoms with Crippen molar-refractivity contribution in [2.75, 3.05) is 13.6 Å². The summed E-state index contributed by atoms with van der Waals surface area (Å²) < 4.78 is 0. The van der Waals surface area contributed by atoms with Crippen molar-refractivity contribution in [1.82, 2.24) is 10.3 Å². The lowest BCUT2D eigenvalue weighted by Gasteiger charge is -2.05. The van der Waals surface area contributed by atoms with Gasteiger partial charge in [0.2, 0.25) is 0 Å². The Kier molecular flexibility index (Phi) is 5.00. The minimum absolute atomic E-state index is 0.865. The molecule has 0 saturated carbocycles. The lowest BCUT2D eigenvalue weighted by Crippen LogP contribution is -2.03. The molecule has 1 aromatic heterocycles. The van der Waals surface area contributed by atoms with Crippen molar-refractivity contribution in [3.05, 3.63) is 60.4 Å². The molecule has 1 heterocycles. The molecule has 1 aromatic carbocycles. The fourth-order valence-corrected chi connectivity index (χ4v) is 2.45. The van der Waals surface area contributed by atoms with Gasteiger partial charge in [-0.2, -0.15) is 0 Å². The second-order valence-corrected chi connectivity index (χ2v) is 4.90. The van der Waals surface area contributed by atoms with Crippen LogP contribution in [0.2, 0.25) is 0 Å². The highest BCUT2D eigenvalue weighted by molar-refractivity contribution is 7.99. The van der Waals surface area contributed by atoms with Crippen molar-refractivity contribution < 1.29 is 0 Å². The first-order chi connectivity index (χ1) is 8.90. The van der Waals surface area contributed by atoms with E-state index in [0.717, 1.165) is 12.1 Å². The van der Waals surface area contributed by atoms with Crippen molar-refractivity contribution in [2.24, 2.45) is 0 Å². The van der Waals surface area contributed by atoms with E-state index in [1.54, 1.807) is 11.8 Å². The topological polar surface area (TPSA) is 24.9 Å². The average Bonchev–Trinajstić information content (AvgIpc) is 2.42. The third-order valence-electron chi connectivity index (χ3n) is 2.40. The minimum atomic E-state index is 0.865. The van der Waals surface area contributed by atoms with Crippen molar-refractivity contribution in [1.29, 1.82) is 0 Å². The van der Waals surface area contributed by atoms with Crippen LogP contribution in [0.25, 0.3) is 6.08 Å². The maximum absolute atomic E-state index is 4.18. The molecule has 0 unspecified atom stereocenters. The van der Waals surface area contributed by atoms with E-state index in [-0.39, 0.29) is 0 Å². The van der Waals surface area contributed by atoms with Crippen molar-refractivity contribution >= 4 is 17.8 Å². The van der Waals surface area contributed by atoms with Gasteiger partial charge in [-0.1, -0.05) is 42.1 Å². The molecule has 92 valence electrons. The first-order valence-corrected chi connectivity index (χ1v) is 6.70. The van der Waals surface area contributed by atoms with Gasteiger partial charge in [-0.25, -0.2) is 0 Å². The van der Waals surface area contributed by atoms with E-state index in [0.29, 0.717) is 0 Å². The third-order valence-corrected chi connectivity index (χ3v) is 3.50. The molecular weight excluding hydrogens is 240 g/mol. The maximum atomic E-state index is 4.18. The molecule has 0 spiro atoms. The summed E-state index contributed by atoms with van der Waals surface area (Å²) in [6.07, 6.45) is 7.94. The van der Waals surface area contributed by atoms with Gasteiger partial charge in [0.25, 0.3) is 0 Å². The second-order valence-electron chi connectivity index (χ2n) is 3.79. The van der Waals surface area contributed by atoms with Crippen LogP contribution >= 0.6 is 11.8 Å². The Labute approximate surface area is 112 Å². The molecule has 18 heavy (non-hydrogen) atoms. The molecule has 3 heteroatoms. The minimum Gasteiger partial charge on any atom is -0.316 e. The fourth-order valence-electron chi connectivity index (χ4n) is 1.53. The molecule has 0 radical (unpaired) electrons. The van der Waals surface area contributed by atoms with Crippen LogP contribution in [0.15, 0.2) is 64.7 Å². The number of hydrogen-bond acceptors (Lipinski definition) is 3. The number of hydrogen-bond donors (Lipinski definition) is 1. The van der Waals surface area contributed by atoms with Crippen molar-refractivity contribution in [2.45, 2.75) is 9.79 Å². The summed E-state index contributed by atoms with van der Waals surface area (Å²) in [6, 6.07) is 12.4. The maximum Gasteiger partial charge on any atom is 0.0351 e. The Morgan fingerprint density at radius 3 is 2.83 bits per heavy atom. The van der Waals surface area contributed by atoms with Crippen LogP contribution in [0, 0.1) is 0 Å². The number of rotatable bonds is 5. The summed E-state index contributed by atoms with van der Waals surface area (Å²) in [5.74, 6) is 0. The third kappa shape index (κ3) is 3.72. The summed E-state index contributed by atoms with van der Waals surface area (Å²) >= 11 is 1.76. The van der Waals surface area contributed by atoms with Gasteiger partial charge >= 0.3 is 0 Å². The lowest BCUT2D eigenvalue weighted by atomic mass is 10.2. The Bertz CT molecular complexity index is 509. The molecule has 0 amide bonds. The summed E-state index contributed by atoms with van der Waals surface area (Å²) in [6.45, 7) is 0.865. The number of aromatic nitrogens is 1. The van der Waals surface area contributed by atoms with Gasteiger partial charge in [0.15, 0.2) is 0 Å². The predicted octanol–water partition coefficient (Wildman–Crippen LogP) is 3.47. The van der Waals surface area contributed by atoms with Gasteiger partial charge in [-0.05, 0) is 25.2 Å². The molecule has 2 nitrogen and oxygen atoms in total. The molecule has 0 aliphatic carbocycles. The number of likely N-dealkylation sites (N-methyl/N-ethyl adjacent to an activating group) is 1.